The van der Waals surface area contributed by atoms with E-state index in [1.807, 2.05) is 13.8 Å². The summed E-state index contributed by atoms with van der Waals surface area (Å²) in [5.41, 5.74) is 1.03. The highest BCUT2D eigenvalue weighted by atomic mass is 19.1. The first-order valence-electron chi connectivity index (χ1n) is 6.78. The number of aromatic nitrogens is 1. The maximum absolute atomic E-state index is 14.0. The summed E-state index contributed by atoms with van der Waals surface area (Å²) in [7, 11) is 0. The maximum Gasteiger partial charge on any atom is 0.224 e. The van der Waals surface area contributed by atoms with Crippen molar-refractivity contribution in [2.24, 2.45) is 0 Å². The first-order chi connectivity index (χ1) is 9.97. The Hall–Kier alpha value is -2.01. The zero-order chi connectivity index (χ0) is 15.4. The van der Waals surface area contributed by atoms with Gasteiger partial charge in [-0.3, -0.25) is 0 Å². The third-order valence-corrected chi connectivity index (χ3v) is 2.96. The van der Waals surface area contributed by atoms with Crippen LogP contribution in [0.1, 0.15) is 25.0 Å². The summed E-state index contributed by atoms with van der Waals surface area (Å²) in [4.78, 5) is 3.92. The second-order valence-corrected chi connectivity index (χ2v) is 5.14. The lowest BCUT2D eigenvalue weighted by molar-refractivity contribution is 0.414. The van der Waals surface area contributed by atoms with E-state index >= 15 is 0 Å². The number of benzene rings is 1. The second kappa shape index (κ2) is 6.63. The van der Waals surface area contributed by atoms with Gasteiger partial charge in [-0.25, -0.2) is 13.8 Å². The Labute approximate surface area is 123 Å². The molecule has 0 aliphatic heterocycles. The Bertz CT molecular complexity index is 630. The molecule has 21 heavy (non-hydrogen) atoms. The van der Waals surface area contributed by atoms with Gasteiger partial charge < -0.3 is 10.1 Å². The predicted molar refractivity (Wildman–Crippen MR) is 77.4 cm³/mol. The van der Waals surface area contributed by atoms with Crippen molar-refractivity contribution in [1.29, 1.82) is 0 Å². The normalized spacial score (nSPS) is 11.0. The topological polar surface area (TPSA) is 34.1 Å². The van der Waals surface area contributed by atoms with Gasteiger partial charge in [-0.15, -0.1) is 0 Å². The van der Waals surface area contributed by atoms with E-state index < -0.39 is 11.6 Å². The fourth-order valence-corrected chi connectivity index (χ4v) is 1.80. The second-order valence-electron chi connectivity index (χ2n) is 5.14. The van der Waals surface area contributed by atoms with Crippen LogP contribution < -0.4 is 10.1 Å². The molecule has 2 rings (SSSR count). The molecule has 0 spiro atoms. The number of hydrogen-bond acceptors (Lipinski definition) is 3. The number of nitrogens with one attached hydrogen (secondary N) is 1. The molecule has 0 saturated carbocycles. The third-order valence-electron chi connectivity index (χ3n) is 2.96. The molecule has 2 aromatic rings. The first kappa shape index (κ1) is 15.4. The molecule has 1 aromatic carbocycles. The largest absolute Gasteiger partial charge is 0.436 e. The maximum atomic E-state index is 14.0. The molecule has 5 heteroatoms. The van der Waals surface area contributed by atoms with E-state index in [0.29, 0.717) is 17.7 Å². The molecular weight excluding hydrogens is 274 g/mol. The molecule has 0 saturated heterocycles. The average Bonchev–Trinajstić information content (AvgIpc) is 2.43. The standard InChI is InChI=1S/C16H18F2N2O/c1-10(2)19-8-12-7-13(17)9-20-16(12)21-14-6-4-5-11(3)15(14)18/h4-7,9-10,19H,8H2,1-3H3. The molecule has 0 radical (unpaired) electrons. The van der Waals surface area contributed by atoms with Crippen molar-refractivity contribution in [3.63, 3.8) is 0 Å². The Morgan fingerprint density at radius 1 is 1.29 bits per heavy atom. The lowest BCUT2D eigenvalue weighted by Crippen LogP contribution is -2.22. The van der Waals surface area contributed by atoms with E-state index in [2.05, 4.69) is 10.3 Å². The number of halogens is 2. The van der Waals surface area contributed by atoms with Crippen LogP contribution in [0.4, 0.5) is 8.78 Å². The lowest BCUT2D eigenvalue weighted by atomic mass is 10.2. The van der Waals surface area contributed by atoms with Gasteiger partial charge in [-0.05, 0) is 24.6 Å². The van der Waals surface area contributed by atoms with Gasteiger partial charge in [0.2, 0.25) is 5.88 Å². The van der Waals surface area contributed by atoms with E-state index in [4.69, 9.17) is 4.74 Å². The van der Waals surface area contributed by atoms with E-state index in [0.717, 1.165) is 6.20 Å². The quantitative estimate of drug-likeness (QED) is 0.905. The summed E-state index contributed by atoms with van der Waals surface area (Å²) >= 11 is 0. The molecule has 0 aliphatic rings. The van der Waals surface area contributed by atoms with Gasteiger partial charge in [-0.2, -0.15) is 0 Å². The van der Waals surface area contributed by atoms with Crippen LogP contribution in [0.3, 0.4) is 0 Å². The molecule has 1 N–H and O–H groups in total. The SMILES string of the molecule is Cc1cccc(Oc2ncc(F)cc2CNC(C)C)c1F. The van der Waals surface area contributed by atoms with Gasteiger partial charge >= 0.3 is 0 Å². The van der Waals surface area contributed by atoms with Crippen LogP contribution in [0.25, 0.3) is 0 Å². The monoisotopic (exact) mass is 292 g/mol. The van der Waals surface area contributed by atoms with Gasteiger partial charge in [0.1, 0.15) is 5.82 Å². The van der Waals surface area contributed by atoms with Crippen molar-refractivity contribution >= 4 is 0 Å². The minimum Gasteiger partial charge on any atom is -0.436 e. The van der Waals surface area contributed by atoms with Crippen LogP contribution in [-0.2, 0) is 6.54 Å². The van der Waals surface area contributed by atoms with Gasteiger partial charge in [-0.1, -0.05) is 26.0 Å². The molecule has 1 heterocycles. The fourth-order valence-electron chi connectivity index (χ4n) is 1.80. The Balaban J connectivity index is 2.28. The molecule has 112 valence electrons. The van der Waals surface area contributed by atoms with Crippen molar-refractivity contribution in [3.05, 3.63) is 53.2 Å². The molecule has 0 fully saturated rings. The number of pyridine rings is 1. The lowest BCUT2D eigenvalue weighted by Gasteiger charge is -2.13. The van der Waals surface area contributed by atoms with Gasteiger partial charge in [0.15, 0.2) is 11.6 Å². The number of rotatable bonds is 5. The smallest absolute Gasteiger partial charge is 0.224 e. The van der Waals surface area contributed by atoms with Crippen molar-refractivity contribution in [1.82, 2.24) is 10.3 Å². The van der Waals surface area contributed by atoms with Crippen molar-refractivity contribution in [3.8, 4) is 11.6 Å². The number of aryl methyl sites for hydroxylation is 1. The number of nitrogens with zero attached hydrogens (tertiary/aromatic N) is 1. The summed E-state index contributed by atoms with van der Waals surface area (Å²) in [6.07, 6.45) is 1.06. The summed E-state index contributed by atoms with van der Waals surface area (Å²) in [5.74, 6) is -0.604. The van der Waals surface area contributed by atoms with Crippen LogP contribution in [0.5, 0.6) is 11.6 Å². The summed E-state index contributed by atoms with van der Waals surface area (Å²) < 4.78 is 32.8. The zero-order valence-corrected chi connectivity index (χ0v) is 12.3. The highest BCUT2D eigenvalue weighted by Crippen LogP contribution is 2.27. The minimum absolute atomic E-state index is 0.0832. The molecule has 3 nitrogen and oxygen atoms in total. The Morgan fingerprint density at radius 3 is 2.76 bits per heavy atom. The summed E-state index contributed by atoms with van der Waals surface area (Å²) in [5, 5.41) is 3.16. The highest BCUT2D eigenvalue weighted by molar-refractivity contribution is 5.36. The van der Waals surface area contributed by atoms with Crippen LogP contribution in [0.2, 0.25) is 0 Å². The number of hydrogen-bond donors (Lipinski definition) is 1. The van der Waals surface area contributed by atoms with Crippen LogP contribution in [0, 0.1) is 18.6 Å². The Morgan fingerprint density at radius 2 is 2.05 bits per heavy atom. The molecular formula is C16H18F2N2O. The molecule has 0 unspecified atom stereocenters. The molecule has 0 amide bonds. The average molecular weight is 292 g/mol. The summed E-state index contributed by atoms with van der Waals surface area (Å²) in [6.45, 7) is 6.01. The highest BCUT2D eigenvalue weighted by Gasteiger charge is 2.12. The minimum atomic E-state index is -0.451. The predicted octanol–water partition coefficient (Wildman–Crippen LogP) is 3.96. The van der Waals surface area contributed by atoms with Crippen molar-refractivity contribution < 1.29 is 13.5 Å². The number of ether oxygens (including phenoxy) is 1. The van der Waals surface area contributed by atoms with E-state index in [-0.39, 0.29) is 17.7 Å². The van der Waals surface area contributed by atoms with E-state index in [1.165, 1.54) is 12.1 Å². The van der Waals surface area contributed by atoms with Gasteiger partial charge in [0.25, 0.3) is 0 Å². The fraction of sp³-hybridized carbons (Fsp3) is 0.312. The zero-order valence-electron chi connectivity index (χ0n) is 12.3. The van der Waals surface area contributed by atoms with Gasteiger partial charge in [0, 0.05) is 18.2 Å². The third kappa shape index (κ3) is 3.98. The molecule has 0 aliphatic carbocycles. The van der Waals surface area contributed by atoms with Crippen molar-refractivity contribution in [2.45, 2.75) is 33.4 Å². The van der Waals surface area contributed by atoms with Crippen LogP contribution >= 0.6 is 0 Å². The van der Waals surface area contributed by atoms with E-state index in [1.54, 1.807) is 19.1 Å². The molecule has 0 atom stereocenters. The van der Waals surface area contributed by atoms with Crippen LogP contribution in [-0.4, -0.2) is 11.0 Å². The van der Waals surface area contributed by atoms with Crippen LogP contribution in [0.15, 0.2) is 30.5 Å². The van der Waals surface area contributed by atoms with E-state index in [9.17, 15) is 8.78 Å². The molecule has 0 bridgehead atoms. The Kier molecular flexibility index (Phi) is 4.85. The summed E-state index contributed by atoms with van der Waals surface area (Å²) in [6, 6.07) is 6.44. The van der Waals surface area contributed by atoms with Gasteiger partial charge in [0.05, 0.1) is 6.20 Å². The van der Waals surface area contributed by atoms with Crippen molar-refractivity contribution in [2.75, 3.05) is 0 Å². The first-order valence-corrected chi connectivity index (χ1v) is 6.78. The molecule has 1 aromatic heterocycles.